The zero-order valence-corrected chi connectivity index (χ0v) is 12.3. The zero-order chi connectivity index (χ0) is 14.3. The lowest BCUT2D eigenvalue weighted by molar-refractivity contribution is -0.124. The number of nitrogens with one attached hydrogen (secondary N) is 1. The third kappa shape index (κ3) is 5.88. The van der Waals surface area contributed by atoms with E-state index in [9.17, 15) is 4.79 Å². The summed E-state index contributed by atoms with van der Waals surface area (Å²) in [6.45, 7) is 7.49. The molecule has 0 bridgehead atoms. The second kappa shape index (κ2) is 7.95. The number of rotatable bonds is 7. The van der Waals surface area contributed by atoms with Gasteiger partial charge in [0.05, 0.1) is 0 Å². The molecule has 0 aliphatic rings. The number of carbonyl (C=O) groups is 1. The van der Waals surface area contributed by atoms with E-state index < -0.39 is 0 Å². The van der Waals surface area contributed by atoms with Crippen LogP contribution < -0.4 is 11.1 Å². The van der Waals surface area contributed by atoms with Crippen LogP contribution >= 0.6 is 0 Å². The van der Waals surface area contributed by atoms with Crippen LogP contribution in [0.4, 0.5) is 0 Å². The fraction of sp³-hybridized carbons (Fsp3) is 0.562. The first kappa shape index (κ1) is 15.7. The molecule has 0 aromatic heterocycles. The number of carbonyl (C=O) groups excluding carboxylic acids is 1. The lowest BCUT2D eigenvalue weighted by atomic mass is 10.0. The molecular weight excluding hydrogens is 236 g/mol. The average Bonchev–Trinajstić information content (AvgIpc) is 2.37. The maximum absolute atomic E-state index is 11.8. The number of benzene rings is 1. The predicted molar refractivity (Wildman–Crippen MR) is 79.7 cm³/mol. The van der Waals surface area contributed by atoms with Gasteiger partial charge in [-0.1, -0.05) is 45.0 Å². The summed E-state index contributed by atoms with van der Waals surface area (Å²) in [7, 11) is 0. The Morgan fingerprint density at radius 2 is 1.74 bits per heavy atom. The number of hydrogen-bond donors (Lipinski definition) is 2. The van der Waals surface area contributed by atoms with Crippen molar-refractivity contribution in [3.8, 4) is 0 Å². The van der Waals surface area contributed by atoms with Gasteiger partial charge < -0.3 is 11.1 Å². The molecule has 1 amide bonds. The molecule has 1 unspecified atom stereocenters. The molecule has 0 radical (unpaired) electrons. The molecule has 0 fully saturated rings. The van der Waals surface area contributed by atoms with E-state index in [1.54, 1.807) is 0 Å². The quantitative estimate of drug-likeness (QED) is 0.793. The van der Waals surface area contributed by atoms with Gasteiger partial charge in [-0.3, -0.25) is 4.79 Å². The van der Waals surface area contributed by atoms with Crippen molar-refractivity contribution >= 4 is 5.91 Å². The second-order valence-electron chi connectivity index (χ2n) is 5.61. The van der Waals surface area contributed by atoms with Crippen LogP contribution in [0.25, 0.3) is 0 Å². The van der Waals surface area contributed by atoms with Crippen molar-refractivity contribution in [3.05, 3.63) is 35.4 Å². The van der Waals surface area contributed by atoms with Crippen LogP contribution in [0.15, 0.2) is 24.3 Å². The first-order valence-corrected chi connectivity index (χ1v) is 7.08. The van der Waals surface area contributed by atoms with Gasteiger partial charge in [-0.05, 0) is 36.4 Å². The highest BCUT2D eigenvalue weighted by atomic mass is 16.1. The summed E-state index contributed by atoms with van der Waals surface area (Å²) in [6.07, 6.45) is 1.83. The van der Waals surface area contributed by atoms with Gasteiger partial charge in [0.1, 0.15) is 0 Å². The Morgan fingerprint density at radius 3 is 2.26 bits per heavy atom. The highest BCUT2D eigenvalue weighted by molar-refractivity contribution is 5.78. The normalized spacial score (nSPS) is 12.5. The van der Waals surface area contributed by atoms with Crippen molar-refractivity contribution < 1.29 is 4.79 Å². The Kier molecular flexibility index (Phi) is 6.57. The van der Waals surface area contributed by atoms with Crippen LogP contribution in [0.2, 0.25) is 0 Å². The first-order valence-electron chi connectivity index (χ1n) is 7.08. The first-order chi connectivity index (χ1) is 9.02. The summed E-state index contributed by atoms with van der Waals surface area (Å²) < 4.78 is 0. The molecule has 3 nitrogen and oxygen atoms in total. The van der Waals surface area contributed by atoms with E-state index in [1.807, 2.05) is 6.92 Å². The van der Waals surface area contributed by atoms with E-state index in [0.29, 0.717) is 19.0 Å². The van der Waals surface area contributed by atoms with Crippen molar-refractivity contribution in [1.82, 2.24) is 5.32 Å². The van der Waals surface area contributed by atoms with Crippen molar-refractivity contribution in [2.75, 3.05) is 6.54 Å². The summed E-state index contributed by atoms with van der Waals surface area (Å²) in [5, 5.41) is 2.95. The Hall–Kier alpha value is -1.35. The fourth-order valence-corrected chi connectivity index (χ4v) is 2.01. The Bertz CT molecular complexity index is 384. The summed E-state index contributed by atoms with van der Waals surface area (Å²) in [4.78, 5) is 11.8. The van der Waals surface area contributed by atoms with Gasteiger partial charge in [0.25, 0.3) is 0 Å². The highest BCUT2D eigenvalue weighted by Gasteiger charge is 2.10. The van der Waals surface area contributed by atoms with Gasteiger partial charge in [0.2, 0.25) is 5.91 Å². The lowest BCUT2D eigenvalue weighted by Crippen LogP contribution is -2.29. The molecule has 106 valence electrons. The number of hydrogen-bond acceptors (Lipinski definition) is 2. The van der Waals surface area contributed by atoms with E-state index in [2.05, 4.69) is 43.4 Å². The number of amides is 1. The molecule has 1 aromatic carbocycles. The predicted octanol–water partition coefficient (Wildman–Crippen LogP) is 2.49. The molecule has 0 saturated heterocycles. The van der Waals surface area contributed by atoms with Crippen molar-refractivity contribution in [3.63, 3.8) is 0 Å². The smallest absolute Gasteiger partial charge is 0.223 e. The van der Waals surface area contributed by atoms with Crippen LogP contribution in [0.3, 0.4) is 0 Å². The minimum Gasteiger partial charge on any atom is -0.352 e. The van der Waals surface area contributed by atoms with Gasteiger partial charge in [0.15, 0.2) is 0 Å². The van der Waals surface area contributed by atoms with Gasteiger partial charge in [-0.15, -0.1) is 0 Å². The Balaban J connectivity index is 2.43. The van der Waals surface area contributed by atoms with Gasteiger partial charge in [0, 0.05) is 12.5 Å². The molecule has 0 heterocycles. The number of nitrogens with two attached hydrogens (primary N) is 1. The van der Waals surface area contributed by atoms with E-state index in [0.717, 1.165) is 18.4 Å². The molecule has 0 aliphatic heterocycles. The minimum absolute atomic E-state index is 0.00906. The Morgan fingerprint density at radius 1 is 1.16 bits per heavy atom. The van der Waals surface area contributed by atoms with Gasteiger partial charge in [-0.25, -0.2) is 0 Å². The summed E-state index contributed by atoms with van der Waals surface area (Å²) in [6, 6.07) is 8.47. The van der Waals surface area contributed by atoms with Crippen molar-refractivity contribution in [2.24, 2.45) is 17.6 Å². The maximum Gasteiger partial charge on any atom is 0.223 e. The van der Waals surface area contributed by atoms with E-state index in [-0.39, 0.29) is 11.8 Å². The lowest BCUT2D eigenvalue weighted by Gasteiger charge is -2.11. The van der Waals surface area contributed by atoms with Crippen LogP contribution in [-0.4, -0.2) is 12.5 Å². The SMILES string of the molecule is CC(C)Cc1ccc(CNC(=O)C(C)CCN)cc1. The second-order valence-corrected chi connectivity index (χ2v) is 5.61. The van der Waals surface area contributed by atoms with E-state index in [1.165, 1.54) is 5.56 Å². The van der Waals surface area contributed by atoms with Crippen molar-refractivity contribution in [2.45, 2.75) is 40.2 Å². The van der Waals surface area contributed by atoms with Gasteiger partial charge in [-0.2, -0.15) is 0 Å². The van der Waals surface area contributed by atoms with Crippen LogP contribution in [0, 0.1) is 11.8 Å². The summed E-state index contributed by atoms with van der Waals surface area (Å²) in [5.41, 5.74) is 7.94. The van der Waals surface area contributed by atoms with Gasteiger partial charge >= 0.3 is 0 Å². The van der Waals surface area contributed by atoms with E-state index >= 15 is 0 Å². The fourth-order valence-electron chi connectivity index (χ4n) is 2.01. The monoisotopic (exact) mass is 262 g/mol. The molecule has 3 heteroatoms. The molecule has 3 N–H and O–H groups in total. The highest BCUT2D eigenvalue weighted by Crippen LogP contribution is 2.10. The molecule has 19 heavy (non-hydrogen) atoms. The van der Waals surface area contributed by atoms with Crippen molar-refractivity contribution in [1.29, 1.82) is 0 Å². The topological polar surface area (TPSA) is 55.1 Å². The summed E-state index contributed by atoms with van der Waals surface area (Å²) >= 11 is 0. The minimum atomic E-state index is -0.00906. The Labute approximate surface area is 116 Å². The largest absolute Gasteiger partial charge is 0.352 e. The average molecular weight is 262 g/mol. The molecule has 0 aliphatic carbocycles. The molecular formula is C16H26N2O. The standard InChI is InChI=1S/C16H26N2O/c1-12(2)10-14-4-6-15(7-5-14)11-18-16(19)13(3)8-9-17/h4-7,12-13H,8-11,17H2,1-3H3,(H,18,19). The summed E-state index contributed by atoms with van der Waals surface area (Å²) in [5.74, 6) is 0.740. The molecule has 1 atom stereocenters. The maximum atomic E-state index is 11.8. The molecule has 1 rings (SSSR count). The van der Waals surface area contributed by atoms with Crippen LogP contribution in [0.1, 0.15) is 38.3 Å². The third-order valence-corrected chi connectivity index (χ3v) is 3.18. The molecule has 0 spiro atoms. The zero-order valence-electron chi connectivity index (χ0n) is 12.3. The molecule has 0 saturated carbocycles. The van der Waals surface area contributed by atoms with Crippen LogP contribution in [0.5, 0.6) is 0 Å². The third-order valence-electron chi connectivity index (χ3n) is 3.18. The molecule has 1 aromatic rings. The van der Waals surface area contributed by atoms with E-state index in [4.69, 9.17) is 5.73 Å². The van der Waals surface area contributed by atoms with Crippen LogP contribution in [-0.2, 0) is 17.8 Å².